The molecule has 0 aliphatic carbocycles. The molecule has 7 rings (SSSR count). The lowest BCUT2D eigenvalue weighted by molar-refractivity contribution is -0.150. The molecule has 280 valence electrons. The van der Waals surface area contributed by atoms with E-state index in [1.165, 1.54) is 18.2 Å². The Labute approximate surface area is 318 Å². The molecule has 54 heavy (non-hydrogen) atoms. The number of benzene rings is 4. The third-order valence-electron chi connectivity index (χ3n) is 11.1. The number of hydrogen-bond acceptors (Lipinski definition) is 7. The third-order valence-corrected chi connectivity index (χ3v) is 11.1. The number of allylic oxidation sites excluding steroid dienone is 1. The number of rotatable bonds is 13. The van der Waals surface area contributed by atoms with Gasteiger partial charge in [0.05, 0.1) is 6.61 Å². The molecular formula is C45H50N4O5. The van der Waals surface area contributed by atoms with Gasteiger partial charge < -0.3 is 19.6 Å². The van der Waals surface area contributed by atoms with Gasteiger partial charge in [-0.25, -0.2) is 0 Å². The van der Waals surface area contributed by atoms with Crippen LogP contribution >= 0.6 is 0 Å². The summed E-state index contributed by atoms with van der Waals surface area (Å²) in [5.41, 5.74) is 8.53. The van der Waals surface area contributed by atoms with E-state index < -0.39 is 6.04 Å². The molecule has 3 heterocycles. The minimum absolute atomic E-state index is 0.121. The summed E-state index contributed by atoms with van der Waals surface area (Å²) in [6.07, 6.45) is 4.77. The molecule has 4 aromatic carbocycles. The van der Waals surface area contributed by atoms with Crippen molar-refractivity contribution in [1.29, 1.82) is 0 Å². The first kappa shape index (κ1) is 36.9. The van der Waals surface area contributed by atoms with E-state index in [2.05, 4.69) is 71.3 Å². The average Bonchev–Trinajstić information content (AvgIpc) is 3.53. The predicted molar refractivity (Wildman–Crippen MR) is 212 cm³/mol. The van der Waals surface area contributed by atoms with Gasteiger partial charge in [0, 0.05) is 57.4 Å². The Bertz CT molecular complexity index is 1980. The van der Waals surface area contributed by atoms with Crippen LogP contribution in [0.2, 0.25) is 0 Å². The molecule has 0 radical (unpaired) electrons. The zero-order valence-corrected chi connectivity index (χ0v) is 31.4. The first-order valence-electron chi connectivity index (χ1n) is 19.3. The van der Waals surface area contributed by atoms with Gasteiger partial charge in [-0.2, -0.15) is 0 Å². The number of piperazine rings is 1. The number of hydrogen-bond donors (Lipinski definition) is 1. The van der Waals surface area contributed by atoms with Gasteiger partial charge >= 0.3 is 0 Å². The molecule has 0 aromatic heterocycles. The summed E-state index contributed by atoms with van der Waals surface area (Å²) in [6.45, 7) is 8.18. The summed E-state index contributed by atoms with van der Waals surface area (Å²) in [4.78, 5) is 45.6. The van der Waals surface area contributed by atoms with Crippen LogP contribution in [0.3, 0.4) is 0 Å². The van der Waals surface area contributed by atoms with Crippen molar-refractivity contribution in [2.45, 2.75) is 58.0 Å². The minimum atomic E-state index is -0.577. The average molecular weight is 727 g/mol. The molecule has 1 atom stereocenters. The number of ether oxygens (including phenoxy) is 1. The molecule has 3 amide bonds. The van der Waals surface area contributed by atoms with Crippen LogP contribution in [0.1, 0.15) is 78.1 Å². The number of unbranched alkanes of at least 4 members (excludes halogenated alkanes) is 2. The molecule has 2 fully saturated rings. The van der Waals surface area contributed by atoms with Crippen molar-refractivity contribution in [3.05, 3.63) is 125 Å². The number of anilines is 1. The molecule has 3 aliphatic rings. The lowest BCUT2D eigenvalue weighted by atomic mass is 9.88. The number of fused-ring (bicyclic) bond motifs is 1. The van der Waals surface area contributed by atoms with Crippen molar-refractivity contribution in [3.63, 3.8) is 0 Å². The summed E-state index contributed by atoms with van der Waals surface area (Å²) >= 11 is 0. The highest BCUT2D eigenvalue weighted by Gasteiger charge is 2.41. The fourth-order valence-corrected chi connectivity index (χ4v) is 8.02. The van der Waals surface area contributed by atoms with Gasteiger partial charge in [-0.05, 0) is 115 Å². The van der Waals surface area contributed by atoms with Gasteiger partial charge in [0.15, 0.2) is 0 Å². The second kappa shape index (κ2) is 16.7. The zero-order valence-electron chi connectivity index (χ0n) is 31.4. The molecule has 0 spiro atoms. The predicted octanol–water partition coefficient (Wildman–Crippen LogP) is 7.24. The smallest absolute Gasteiger partial charge is 0.255 e. The molecule has 1 N–H and O–H groups in total. The molecular weight excluding hydrogens is 677 g/mol. The van der Waals surface area contributed by atoms with Crippen molar-refractivity contribution < 1.29 is 24.2 Å². The van der Waals surface area contributed by atoms with Gasteiger partial charge in [-0.1, -0.05) is 61.5 Å². The largest absolute Gasteiger partial charge is 0.508 e. The van der Waals surface area contributed by atoms with E-state index in [4.69, 9.17) is 4.74 Å². The summed E-state index contributed by atoms with van der Waals surface area (Å²) < 4.78 is 6.16. The maximum Gasteiger partial charge on any atom is 0.255 e. The van der Waals surface area contributed by atoms with E-state index >= 15 is 0 Å². The fraction of sp³-hybridized carbons (Fsp3) is 0.356. The van der Waals surface area contributed by atoms with Crippen molar-refractivity contribution in [2.24, 2.45) is 0 Å². The number of carbonyl (C=O) groups is 3. The monoisotopic (exact) mass is 726 g/mol. The third kappa shape index (κ3) is 8.06. The van der Waals surface area contributed by atoms with Gasteiger partial charge in [-0.15, -0.1) is 0 Å². The highest BCUT2D eigenvalue weighted by atomic mass is 16.5. The van der Waals surface area contributed by atoms with Crippen LogP contribution in [0.5, 0.6) is 11.5 Å². The number of piperidine rings is 1. The maximum atomic E-state index is 13.2. The van der Waals surface area contributed by atoms with Crippen molar-refractivity contribution in [2.75, 3.05) is 51.3 Å². The molecule has 0 bridgehead atoms. The minimum Gasteiger partial charge on any atom is -0.508 e. The van der Waals surface area contributed by atoms with Crippen LogP contribution in [-0.4, -0.2) is 89.9 Å². The number of nitrogens with zero attached hydrogens (tertiary/aromatic N) is 4. The SMILES string of the molecule is CC/C(=C(\c1ccc(O)cc1)c1ccc(OCCCCCN2CCN(c3ccc4c(c3)CN(C3CCC(=O)N(C)C3=O)C4=O)CC2)cc1)c1ccccc1. The second-order valence-corrected chi connectivity index (χ2v) is 14.5. The summed E-state index contributed by atoms with van der Waals surface area (Å²) in [6, 6.07) is 31.8. The highest BCUT2D eigenvalue weighted by Crippen LogP contribution is 2.36. The van der Waals surface area contributed by atoms with E-state index in [1.54, 1.807) is 17.0 Å². The number of likely N-dealkylation sites (tertiary alicyclic amines) is 1. The molecule has 2 saturated heterocycles. The Morgan fingerprint density at radius 2 is 1.50 bits per heavy atom. The lowest BCUT2D eigenvalue weighted by Crippen LogP contribution is -2.53. The molecule has 1 unspecified atom stereocenters. The number of carbonyl (C=O) groups excluding carboxylic acids is 3. The summed E-state index contributed by atoms with van der Waals surface area (Å²) in [5, 5.41) is 9.93. The van der Waals surface area contributed by atoms with Crippen molar-refractivity contribution in [3.8, 4) is 11.5 Å². The van der Waals surface area contributed by atoms with Gasteiger partial charge in [0.25, 0.3) is 11.8 Å². The van der Waals surface area contributed by atoms with Crippen LogP contribution in [0, 0.1) is 0 Å². The highest BCUT2D eigenvalue weighted by molar-refractivity contribution is 6.05. The van der Waals surface area contributed by atoms with Gasteiger partial charge in [0.1, 0.15) is 17.5 Å². The van der Waals surface area contributed by atoms with Gasteiger partial charge in [0.2, 0.25) is 5.91 Å². The molecule has 3 aliphatic heterocycles. The van der Waals surface area contributed by atoms with Crippen LogP contribution in [0.4, 0.5) is 5.69 Å². The first-order valence-corrected chi connectivity index (χ1v) is 19.3. The fourth-order valence-electron chi connectivity index (χ4n) is 8.02. The molecule has 4 aromatic rings. The number of phenolic OH excluding ortho intramolecular Hbond substituents is 1. The van der Waals surface area contributed by atoms with Crippen LogP contribution in [0.15, 0.2) is 97.1 Å². The van der Waals surface area contributed by atoms with E-state index in [0.717, 1.165) is 97.0 Å². The number of likely N-dealkylation sites (N-methyl/N-ethyl adjacent to an activating group) is 1. The Morgan fingerprint density at radius 3 is 2.20 bits per heavy atom. The number of phenols is 1. The Hall–Kier alpha value is -5.41. The van der Waals surface area contributed by atoms with Crippen LogP contribution in [-0.2, 0) is 16.1 Å². The lowest BCUT2D eigenvalue weighted by Gasteiger charge is -2.36. The van der Waals surface area contributed by atoms with E-state index in [0.29, 0.717) is 25.1 Å². The molecule has 9 nitrogen and oxygen atoms in total. The standard InChI is InChI=1S/C45H50N4O5/c1-3-39(32-10-6-4-7-11-32)43(33-12-17-37(50)18-13-33)34-14-19-38(20-15-34)54-29-9-5-8-24-47-25-27-48(28-26-47)36-16-21-40-35(30-36)31-49(44(40)52)41-22-23-42(51)46(2)45(41)53/h4,6-7,10-21,30,41,50H,3,5,8-9,22-29,31H2,1-2H3/b43-39-. The van der Waals surface area contributed by atoms with Gasteiger partial charge in [-0.3, -0.25) is 24.2 Å². The second-order valence-electron chi connectivity index (χ2n) is 14.5. The molecule has 9 heteroatoms. The topological polar surface area (TPSA) is 93.6 Å². The zero-order chi connectivity index (χ0) is 37.6. The summed E-state index contributed by atoms with van der Waals surface area (Å²) in [7, 11) is 1.50. The number of amides is 3. The van der Waals surface area contributed by atoms with E-state index in [9.17, 15) is 19.5 Å². The normalized spacial score (nSPS) is 18.2. The van der Waals surface area contributed by atoms with Crippen molar-refractivity contribution >= 4 is 34.6 Å². The number of aromatic hydroxyl groups is 1. The van der Waals surface area contributed by atoms with E-state index in [1.807, 2.05) is 30.3 Å². The Kier molecular flexibility index (Phi) is 11.4. The van der Waals surface area contributed by atoms with E-state index in [-0.39, 0.29) is 29.9 Å². The first-order chi connectivity index (χ1) is 26.3. The maximum absolute atomic E-state index is 13.2. The van der Waals surface area contributed by atoms with Crippen LogP contribution in [0.25, 0.3) is 11.1 Å². The molecule has 0 saturated carbocycles. The number of imide groups is 1. The summed E-state index contributed by atoms with van der Waals surface area (Å²) in [5.74, 6) is 0.528. The quantitative estimate of drug-likeness (QED) is 0.0883. The van der Waals surface area contributed by atoms with Crippen molar-refractivity contribution in [1.82, 2.24) is 14.7 Å². The van der Waals surface area contributed by atoms with Crippen LogP contribution < -0.4 is 9.64 Å². The Morgan fingerprint density at radius 1 is 0.796 bits per heavy atom. The Balaban J connectivity index is 0.854.